The Morgan fingerprint density at radius 2 is 2.29 bits per heavy atom. The molecule has 0 radical (unpaired) electrons. The average Bonchev–Trinajstić information content (AvgIpc) is 2.65. The topological polar surface area (TPSA) is 69.6 Å². The molecule has 0 aliphatic carbocycles. The largest absolute Gasteiger partial charge is 0.397 e. The van der Waals surface area contributed by atoms with Crippen molar-refractivity contribution >= 4 is 5.69 Å². The molecule has 2 aromatic rings. The molecular weight excluding hydrogens is 178 g/mol. The third-order valence-corrected chi connectivity index (χ3v) is 1.93. The summed E-state index contributed by atoms with van der Waals surface area (Å²) in [7, 11) is 0. The lowest BCUT2D eigenvalue weighted by Crippen LogP contribution is -2.00. The van der Waals surface area contributed by atoms with Crippen LogP contribution in [0.25, 0.3) is 11.4 Å². The summed E-state index contributed by atoms with van der Waals surface area (Å²) in [6.07, 6.45) is 4.87. The van der Waals surface area contributed by atoms with E-state index in [2.05, 4.69) is 15.1 Å². The summed E-state index contributed by atoms with van der Waals surface area (Å²) in [5.74, 6) is 0.798. The second kappa shape index (κ2) is 3.45. The summed E-state index contributed by atoms with van der Waals surface area (Å²) in [5, 5.41) is 4.08. The quantitative estimate of drug-likeness (QED) is 0.763. The van der Waals surface area contributed by atoms with Gasteiger partial charge in [0, 0.05) is 24.5 Å². The Balaban J connectivity index is 2.49. The van der Waals surface area contributed by atoms with Crippen LogP contribution in [0, 0.1) is 0 Å². The Morgan fingerprint density at radius 3 is 3.00 bits per heavy atom. The van der Waals surface area contributed by atoms with Gasteiger partial charge in [0.15, 0.2) is 5.82 Å². The number of pyridine rings is 1. The Morgan fingerprint density at radius 1 is 1.43 bits per heavy atom. The number of nitrogens with two attached hydrogens (primary N) is 1. The molecule has 0 saturated heterocycles. The number of aryl methyl sites for hydroxylation is 1. The first-order valence-electron chi connectivity index (χ1n) is 4.40. The highest BCUT2D eigenvalue weighted by atomic mass is 15.3. The van der Waals surface area contributed by atoms with Crippen LogP contribution in [-0.2, 0) is 6.54 Å². The molecule has 2 heterocycles. The van der Waals surface area contributed by atoms with Crippen molar-refractivity contribution in [2.75, 3.05) is 5.73 Å². The third-order valence-electron chi connectivity index (χ3n) is 1.93. The van der Waals surface area contributed by atoms with Gasteiger partial charge in [0.1, 0.15) is 6.33 Å². The smallest absolute Gasteiger partial charge is 0.159 e. The Bertz CT molecular complexity index is 434. The molecule has 72 valence electrons. The number of anilines is 1. The Kier molecular flexibility index (Phi) is 2.14. The molecule has 0 bridgehead atoms. The first-order valence-corrected chi connectivity index (χ1v) is 4.40. The van der Waals surface area contributed by atoms with E-state index >= 15 is 0 Å². The number of hydrogen-bond donors (Lipinski definition) is 1. The van der Waals surface area contributed by atoms with E-state index in [1.807, 2.05) is 13.0 Å². The van der Waals surface area contributed by atoms with E-state index in [1.54, 1.807) is 17.1 Å². The molecule has 0 atom stereocenters. The average molecular weight is 189 g/mol. The van der Waals surface area contributed by atoms with Crippen molar-refractivity contribution in [3.63, 3.8) is 0 Å². The number of nitrogen functional groups attached to an aromatic ring is 1. The zero-order chi connectivity index (χ0) is 9.97. The Labute approximate surface area is 81.6 Å². The lowest BCUT2D eigenvalue weighted by atomic mass is 10.2. The van der Waals surface area contributed by atoms with Crippen LogP contribution in [0.3, 0.4) is 0 Å². The molecule has 5 heteroatoms. The van der Waals surface area contributed by atoms with Gasteiger partial charge in [-0.05, 0) is 13.0 Å². The predicted molar refractivity (Wildman–Crippen MR) is 53.3 cm³/mol. The lowest BCUT2D eigenvalue weighted by molar-refractivity contribution is 0.665. The minimum absolute atomic E-state index is 0.633. The van der Waals surface area contributed by atoms with Gasteiger partial charge in [-0.25, -0.2) is 9.67 Å². The summed E-state index contributed by atoms with van der Waals surface area (Å²) < 4.78 is 1.80. The third kappa shape index (κ3) is 1.44. The van der Waals surface area contributed by atoms with Crippen molar-refractivity contribution < 1.29 is 0 Å². The van der Waals surface area contributed by atoms with E-state index in [-0.39, 0.29) is 0 Å². The summed E-state index contributed by atoms with van der Waals surface area (Å²) in [4.78, 5) is 8.16. The summed E-state index contributed by atoms with van der Waals surface area (Å²) in [5.41, 5.74) is 7.16. The molecule has 14 heavy (non-hydrogen) atoms. The van der Waals surface area contributed by atoms with Crippen LogP contribution < -0.4 is 5.73 Å². The van der Waals surface area contributed by atoms with Crippen molar-refractivity contribution in [1.82, 2.24) is 19.7 Å². The maximum atomic E-state index is 5.64. The monoisotopic (exact) mass is 189 g/mol. The number of hydrogen-bond acceptors (Lipinski definition) is 4. The van der Waals surface area contributed by atoms with Gasteiger partial charge in [0.25, 0.3) is 0 Å². The fourth-order valence-corrected chi connectivity index (χ4v) is 1.30. The lowest BCUT2D eigenvalue weighted by Gasteiger charge is -2.02. The molecule has 0 unspecified atom stereocenters. The summed E-state index contributed by atoms with van der Waals surface area (Å²) >= 11 is 0. The molecule has 0 spiro atoms. The standard InChI is InChI=1S/C9H11N5/c1-2-14-9(12-6-13-14)7-3-8(10)5-11-4-7/h3-6H,2,10H2,1H3. The van der Waals surface area contributed by atoms with Crippen molar-refractivity contribution in [2.24, 2.45) is 0 Å². The SMILES string of the molecule is CCn1ncnc1-c1cncc(N)c1. The van der Waals surface area contributed by atoms with Gasteiger partial charge in [-0.1, -0.05) is 0 Å². The van der Waals surface area contributed by atoms with E-state index in [9.17, 15) is 0 Å². The van der Waals surface area contributed by atoms with Gasteiger partial charge >= 0.3 is 0 Å². The molecule has 5 nitrogen and oxygen atoms in total. The van der Waals surface area contributed by atoms with E-state index in [0.717, 1.165) is 17.9 Å². The van der Waals surface area contributed by atoms with Gasteiger partial charge in [0.05, 0.1) is 5.69 Å². The van der Waals surface area contributed by atoms with E-state index < -0.39 is 0 Å². The normalized spacial score (nSPS) is 10.4. The fraction of sp³-hybridized carbons (Fsp3) is 0.222. The summed E-state index contributed by atoms with van der Waals surface area (Å²) in [6.45, 7) is 2.79. The predicted octanol–water partition coefficient (Wildman–Crippen LogP) is 0.942. The van der Waals surface area contributed by atoms with Gasteiger partial charge in [-0.15, -0.1) is 0 Å². The van der Waals surface area contributed by atoms with Crippen molar-refractivity contribution in [3.05, 3.63) is 24.8 Å². The van der Waals surface area contributed by atoms with Gasteiger partial charge in [-0.3, -0.25) is 4.98 Å². The minimum Gasteiger partial charge on any atom is -0.397 e. The molecule has 0 saturated carbocycles. The highest BCUT2D eigenvalue weighted by Gasteiger charge is 2.05. The van der Waals surface area contributed by atoms with Crippen LogP contribution in [-0.4, -0.2) is 19.7 Å². The maximum absolute atomic E-state index is 5.64. The van der Waals surface area contributed by atoms with Crippen molar-refractivity contribution in [2.45, 2.75) is 13.5 Å². The Hall–Kier alpha value is -1.91. The molecule has 0 amide bonds. The van der Waals surface area contributed by atoms with E-state index in [1.165, 1.54) is 6.33 Å². The van der Waals surface area contributed by atoms with E-state index in [0.29, 0.717) is 5.69 Å². The van der Waals surface area contributed by atoms with Crippen LogP contribution in [0.1, 0.15) is 6.92 Å². The molecule has 0 aromatic carbocycles. The molecular formula is C9H11N5. The highest BCUT2D eigenvalue weighted by Crippen LogP contribution is 2.16. The summed E-state index contributed by atoms with van der Waals surface area (Å²) in [6, 6.07) is 1.84. The van der Waals surface area contributed by atoms with Crippen LogP contribution in [0.4, 0.5) is 5.69 Å². The minimum atomic E-state index is 0.633. The zero-order valence-corrected chi connectivity index (χ0v) is 7.88. The van der Waals surface area contributed by atoms with Gasteiger partial charge in [-0.2, -0.15) is 5.10 Å². The highest BCUT2D eigenvalue weighted by molar-refractivity contribution is 5.58. The fourth-order valence-electron chi connectivity index (χ4n) is 1.30. The first kappa shape index (κ1) is 8.68. The van der Waals surface area contributed by atoms with Crippen LogP contribution in [0.2, 0.25) is 0 Å². The first-order chi connectivity index (χ1) is 6.81. The molecule has 2 aromatic heterocycles. The maximum Gasteiger partial charge on any atom is 0.159 e. The van der Waals surface area contributed by atoms with E-state index in [4.69, 9.17) is 5.73 Å². The second-order valence-corrected chi connectivity index (χ2v) is 2.91. The number of aromatic nitrogens is 4. The molecule has 0 aliphatic rings. The van der Waals surface area contributed by atoms with Gasteiger partial charge < -0.3 is 5.73 Å². The second-order valence-electron chi connectivity index (χ2n) is 2.91. The van der Waals surface area contributed by atoms with Crippen LogP contribution in [0.15, 0.2) is 24.8 Å². The van der Waals surface area contributed by atoms with Crippen molar-refractivity contribution in [3.8, 4) is 11.4 Å². The molecule has 0 aliphatic heterocycles. The van der Waals surface area contributed by atoms with Gasteiger partial charge in [0.2, 0.25) is 0 Å². The zero-order valence-electron chi connectivity index (χ0n) is 7.88. The number of rotatable bonds is 2. The number of nitrogens with zero attached hydrogens (tertiary/aromatic N) is 4. The van der Waals surface area contributed by atoms with Crippen LogP contribution >= 0.6 is 0 Å². The van der Waals surface area contributed by atoms with Crippen molar-refractivity contribution in [1.29, 1.82) is 0 Å². The molecule has 2 N–H and O–H groups in total. The molecule has 2 rings (SSSR count). The molecule has 0 fully saturated rings. The van der Waals surface area contributed by atoms with Crippen LogP contribution in [0.5, 0.6) is 0 Å².